The van der Waals surface area contributed by atoms with Gasteiger partial charge >= 0.3 is 6.18 Å². The lowest BCUT2D eigenvalue weighted by atomic mass is 10.1. The molecule has 5 heteroatoms. The van der Waals surface area contributed by atoms with Crippen molar-refractivity contribution in [2.45, 2.75) is 25.6 Å². The molecule has 1 aromatic heterocycles. The molecular weight excluding hydrogens is 217 g/mol. The van der Waals surface area contributed by atoms with E-state index >= 15 is 0 Å². The highest BCUT2D eigenvalue weighted by molar-refractivity contribution is 5.41. The van der Waals surface area contributed by atoms with E-state index in [2.05, 4.69) is 16.8 Å². The van der Waals surface area contributed by atoms with Crippen LogP contribution in [0.3, 0.4) is 0 Å². The molecule has 2 N–H and O–H groups in total. The molecule has 1 unspecified atom stereocenters. The van der Waals surface area contributed by atoms with Gasteiger partial charge in [-0.3, -0.25) is 4.98 Å². The van der Waals surface area contributed by atoms with Gasteiger partial charge in [-0.1, -0.05) is 18.8 Å². The second kappa shape index (κ2) is 4.99. The highest BCUT2D eigenvalue weighted by Crippen LogP contribution is 2.30. The van der Waals surface area contributed by atoms with Crippen LogP contribution in [0.1, 0.15) is 24.5 Å². The van der Waals surface area contributed by atoms with Crippen molar-refractivity contribution < 1.29 is 13.2 Å². The summed E-state index contributed by atoms with van der Waals surface area (Å²) in [5.74, 6) is 4.96. The predicted molar refractivity (Wildman–Crippen MR) is 54.4 cm³/mol. The first-order valence-corrected chi connectivity index (χ1v) is 4.73. The summed E-state index contributed by atoms with van der Waals surface area (Å²) >= 11 is 0. The molecule has 0 aliphatic heterocycles. The van der Waals surface area contributed by atoms with E-state index in [4.69, 9.17) is 5.73 Å². The molecule has 0 saturated heterocycles. The van der Waals surface area contributed by atoms with Crippen LogP contribution in [0, 0.1) is 11.8 Å². The van der Waals surface area contributed by atoms with Crippen LogP contribution >= 0.6 is 0 Å². The number of hydrogen-bond donors (Lipinski definition) is 1. The molecule has 16 heavy (non-hydrogen) atoms. The maximum atomic E-state index is 12.5. The highest BCUT2D eigenvalue weighted by atomic mass is 19.4. The molecule has 2 nitrogen and oxygen atoms in total. The Hall–Kier alpha value is -1.54. The molecule has 1 rings (SSSR count). The summed E-state index contributed by atoms with van der Waals surface area (Å²) in [7, 11) is 0. The second-order valence-electron chi connectivity index (χ2n) is 3.20. The van der Waals surface area contributed by atoms with Crippen molar-refractivity contribution in [1.29, 1.82) is 0 Å². The summed E-state index contributed by atoms with van der Waals surface area (Å²) in [4.78, 5) is 3.62. The molecule has 0 fully saturated rings. The number of aromatic nitrogens is 1. The van der Waals surface area contributed by atoms with Crippen molar-refractivity contribution in [3.63, 3.8) is 0 Å². The molecule has 0 radical (unpaired) electrons. The third kappa shape index (κ3) is 3.24. The van der Waals surface area contributed by atoms with E-state index in [9.17, 15) is 13.2 Å². The fourth-order valence-corrected chi connectivity index (χ4v) is 1.01. The quantitative estimate of drug-likeness (QED) is 0.748. The van der Waals surface area contributed by atoms with Crippen LogP contribution in [0.25, 0.3) is 0 Å². The van der Waals surface area contributed by atoms with Crippen molar-refractivity contribution >= 4 is 0 Å². The maximum Gasteiger partial charge on any atom is 0.417 e. The van der Waals surface area contributed by atoms with E-state index in [-0.39, 0.29) is 5.56 Å². The van der Waals surface area contributed by atoms with Gasteiger partial charge in [0.1, 0.15) is 0 Å². The molecule has 86 valence electrons. The largest absolute Gasteiger partial charge is 0.417 e. The Labute approximate surface area is 91.7 Å². The highest BCUT2D eigenvalue weighted by Gasteiger charge is 2.32. The smallest absolute Gasteiger partial charge is 0.318 e. The molecule has 0 bridgehead atoms. The minimum atomic E-state index is -4.41. The predicted octanol–water partition coefficient (Wildman–Crippen LogP) is 2.19. The lowest BCUT2D eigenvalue weighted by molar-refractivity contribution is -0.137. The zero-order valence-electron chi connectivity index (χ0n) is 8.67. The van der Waals surface area contributed by atoms with Gasteiger partial charge < -0.3 is 5.73 Å². The molecule has 1 aromatic rings. The molecule has 0 aliphatic carbocycles. The van der Waals surface area contributed by atoms with E-state index < -0.39 is 17.8 Å². The van der Waals surface area contributed by atoms with Crippen LogP contribution in [-0.2, 0) is 6.18 Å². The van der Waals surface area contributed by atoms with Crippen LogP contribution in [-0.4, -0.2) is 11.0 Å². The minimum Gasteiger partial charge on any atom is -0.318 e. The van der Waals surface area contributed by atoms with Gasteiger partial charge in [0, 0.05) is 12.4 Å². The van der Waals surface area contributed by atoms with Crippen molar-refractivity contribution in [2.75, 3.05) is 0 Å². The van der Waals surface area contributed by atoms with Crippen LogP contribution in [0.5, 0.6) is 0 Å². The summed E-state index contributed by atoms with van der Waals surface area (Å²) in [5.41, 5.74) is 4.59. The third-order valence-corrected chi connectivity index (χ3v) is 1.96. The number of pyridine rings is 1. The second-order valence-corrected chi connectivity index (χ2v) is 3.20. The van der Waals surface area contributed by atoms with Crippen molar-refractivity contribution in [3.05, 3.63) is 29.6 Å². The average molecular weight is 228 g/mol. The van der Waals surface area contributed by atoms with Crippen LogP contribution in [0.15, 0.2) is 18.5 Å². The lowest BCUT2D eigenvalue weighted by Gasteiger charge is -2.07. The van der Waals surface area contributed by atoms with E-state index in [0.29, 0.717) is 6.42 Å². The Morgan fingerprint density at radius 1 is 1.50 bits per heavy atom. The van der Waals surface area contributed by atoms with E-state index in [1.54, 1.807) is 0 Å². The number of rotatable bonds is 1. The van der Waals surface area contributed by atoms with Crippen LogP contribution in [0.2, 0.25) is 0 Å². The fraction of sp³-hybridized carbons (Fsp3) is 0.364. The summed E-state index contributed by atoms with van der Waals surface area (Å²) in [5, 5.41) is 0. The first-order valence-electron chi connectivity index (χ1n) is 4.73. The molecule has 0 aromatic carbocycles. The zero-order chi connectivity index (χ0) is 12.2. The normalized spacial score (nSPS) is 12.8. The molecule has 0 amide bonds. The van der Waals surface area contributed by atoms with Gasteiger partial charge in [-0.2, -0.15) is 13.2 Å². The summed E-state index contributed by atoms with van der Waals surface area (Å²) in [6.07, 6.45) is -1.64. The maximum absolute atomic E-state index is 12.5. The fourth-order valence-electron chi connectivity index (χ4n) is 1.01. The summed E-state index contributed by atoms with van der Waals surface area (Å²) < 4.78 is 37.6. The molecule has 0 aliphatic rings. The first-order chi connectivity index (χ1) is 7.45. The Morgan fingerprint density at radius 2 is 2.19 bits per heavy atom. The number of nitrogens with zero attached hydrogens (tertiary/aromatic N) is 1. The number of alkyl halides is 3. The third-order valence-electron chi connectivity index (χ3n) is 1.96. The molecule has 0 saturated carbocycles. The van der Waals surface area contributed by atoms with Gasteiger partial charge in [0.25, 0.3) is 0 Å². The summed E-state index contributed by atoms with van der Waals surface area (Å²) in [6, 6.07) is 0.489. The van der Waals surface area contributed by atoms with E-state index in [1.165, 1.54) is 0 Å². The number of halogens is 3. The van der Waals surface area contributed by atoms with E-state index in [0.717, 1.165) is 18.5 Å². The Kier molecular flexibility index (Phi) is 3.91. The van der Waals surface area contributed by atoms with Gasteiger partial charge in [-0.15, -0.1) is 0 Å². The van der Waals surface area contributed by atoms with Crippen LogP contribution < -0.4 is 5.73 Å². The summed E-state index contributed by atoms with van der Waals surface area (Å²) in [6.45, 7) is 1.81. The zero-order valence-corrected chi connectivity index (χ0v) is 8.67. The van der Waals surface area contributed by atoms with Crippen molar-refractivity contribution in [1.82, 2.24) is 4.98 Å². The van der Waals surface area contributed by atoms with Crippen LogP contribution in [0.4, 0.5) is 13.2 Å². The molecule has 0 spiro atoms. The number of hydrogen-bond acceptors (Lipinski definition) is 2. The molecular formula is C11H11F3N2. The standard InChI is InChI=1S/C11H11F3N2/c1-2-9(15)4-3-8-7-16-6-5-10(8)11(12,13)14/h5-7,9H,2,15H2,1H3. The SMILES string of the molecule is CCC(N)C#Cc1cnccc1C(F)(F)F. The Bertz CT molecular complexity index is 415. The van der Waals surface area contributed by atoms with Gasteiger partial charge in [0.2, 0.25) is 0 Å². The van der Waals surface area contributed by atoms with Gasteiger partial charge in [0.05, 0.1) is 17.2 Å². The average Bonchev–Trinajstić information content (AvgIpc) is 2.25. The van der Waals surface area contributed by atoms with Crippen molar-refractivity contribution in [3.8, 4) is 11.8 Å². The van der Waals surface area contributed by atoms with Gasteiger partial charge in [0.15, 0.2) is 0 Å². The topological polar surface area (TPSA) is 38.9 Å². The number of nitrogens with two attached hydrogens (primary N) is 1. The monoisotopic (exact) mass is 228 g/mol. The Morgan fingerprint density at radius 3 is 2.75 bits per heavy atom. The first kappa shape index (κ1) is 12.5. The minimum absolute atomic E-state index is 0.140. The Balaban J connectivity index is 3.08. The molecule has 1 atom stereocenters. The lowest BCUT2D eigenvalue weighted by Crippen LogP contribution is -2.15. The molecule has 1 heterocycles. The van der Waals surface area contributed by atoms with Crippen molar-refractivity contribution in [2.24, 2.45) is 5.73 Å². The van der Waals surface area contributed by atoms with Gasteiger partial charge in [-0.05, 0) is 12.5 Å². The van der Waals surface area contributed by atoms with E-state index in [1.807, 2.05) is 6.92 Å². The van der Waals surface area contributed by atoms with Gasteiger partial charge in [-0.25, -0.2) is 0 Å².